The average Bonchev–Trinajstić information content (AvgIpc) is 3.49. The van der Waals surface area contributed by atoms with Crippen LogP contribution < -0.4 is 5.32 Å². The monoisotopic (exact) mass is 455 g/mol. The highest BCUT2D eigenvalue weighted by Gasteiger charge is 2.20. The van der Waals surface area contributed by atoms with Gasteiger partial charge < -0.3 is 10.2 Å². The molecule has 3 heterocycles. The SMILES string of the molecule is CN(CCc1ccccn1)C(=O)C(=O)Nc1cc(-c2cc3ccccc3s2)c2[nH]ncc2c1. The van der Waals surface area contributed by atoms with Crippen LogP contribution >= 0.6 is 11.3 Å². The molecular formula is C25H21N5O2S. The van der Waals surface area contributed by atoms with E-state index in [0.717, 1.165) is 32.4 Å². The molecule has 7 nitrogen and oxygen atoms in total. The van der Waals surface area contributed by atoms with Gasteiger partial charge in [-0.25, -0.2) is 0 Å². The number of anilines is 1. The Balaban J connectivity index is 1.36. The van der Waals surface area contributed by atoms with Crippen molar-refractivity contribution in [1.82, 2.24) is 20.1 Å². The number of amides is 2. The van der Waals surface area contributed by atoms with Gasteiger partial charge in [0.15, 0.2) is 0 Å². The Morgan fingerprint density at radius 1 is 1.06 bits per heavy atom. The van der Waals surface area contributed by atoms with Crippen LogP contribution in [0.3, 0.4) is 0 Å². The summed E-state index contributed by atoms with van der Waals surface area (Å²) in [5.74, 6) is -1.27. The molecule has 0 fully saturated rings. The normalized spacial score (nSPS) is 11.1. The largest absolute Gasteiger partial charge is 0.337 e. The molecule has 0 atom stereocenters. The maximum Gasteiger partial charge on any atom is 0.313 e. The lowest BCUT2D eigenvalue weighted by molar-refractivity contribution is -0.142. The molecule has 2 amide bonds. The van der Waals surface area contributed by atoms with E-state index in [9.17, 15) is 9.59 Å². The topological polar surface area (TPSA) is 91.0 Å². The van der Waals surface area contributed by atoms with E-state index in [-0.39, 0.29) is 0 Å². The van der Waals surface area contributed by atoms with Crippen LogP contribution in [0.2, 0.25) is 0 Å². The number of H-pyrrole nitrogens is 1. The van der Waals surface area contributed by atoms with E-state index in [1.54, 1.807) is 30.8 Å². The first-order chi connectivity index (χ1) is 16.1. The lowest BCUT2D eigenvalue weighted by Crippen LogP contribution is -2.38. The Bertz CT molecular complexity index is 1420. The fraction of sp³-hybridized carbons (Fsp3) is 0.120. The number of hydrogen-bond acceptors (Lipinski definition) is 5. The third kappa shape index (κ3) is 4.33. The number of rotatable bonds is 5. The van der Waals surface area contributed by atoms with Crippen LogP contribution in [0.15, 0.2) is 73.1 Å². The molecule has 5 rings (SSSR count). The fourth-order valence-electron chi connectivity index (χ4n) is 3.73. The third-order valence-electron chi connectivity index (χ3n) is 5.47. The number of thiophene rings is 1. The highest BCUT2D eigenvalue weighted by molar-refractivity contribution is 7.22. The van der Waals surface area contributed by atoms with E-state index < -0.39 is 11.8 Å². The van der Waals surface area contributed by atoms with Crippen molar-refractivity contribution in [3.63, 3.8) is 0 Å². The first kappa shape index (κ1) is 20.8. The van der Waals surface area contributed by atoms with Crippen molar-refractivity contribution in [3.05, 3.63) is 78.8 Å². The van der Waals surface area contributed by atoms with Crippen molar-refractivity contribution in [1.29, 1.82) is 0 Å². The summed E-state index contributed by atoms with van der Waals surface area (Å²) in [5.41, 5.74) is 3.24. The molecule has 33 heavy (non-hydrogen) atoms. The van der Waals surface area contributed by atoms with Gasteiger partial charge in [0.05, 0.1) is 11.7 Å². The summed E-state index contributed by atoms with van der Waals surface area (Å²) in [4.78, 5) is 32.0. The standard InChI is InChI=1S/C25H21N5O2S/c1-30(11-9-18-7-4-5-10-26-18)25(32)24(31)28-19-12-17-15-27-29-23(17)20(14-19)22-13-16-6-2-3-8-21(16)33-22/h2-8,10,12-15H,9,11H2,1H3,(H,27,29)(H,28,31). The minimum absolute atomic E-state index is 0.400. The number of aromatic nitrogens is 3. The van der Waals surface area contributed by atoms with Gasteiger partial charge in [-0.05, 0) is 41.8 Å². The molecule has 0 bridgehead atoms. The van der Waals surface area contributed by atoms with Gasteiger partial charge in [-0.3, -0.25) is 19.7 Å². The predicted molar refractivity (Wildman–Crippen MR) is 131 cm³/mol. The summed E-state index contributed by atoms with van der Waals surface area (Å²) in [7, 11) is 1.62. The van der Waals surface area contributed by atoms with E-state index in [1.165, 1.54) is 9.60 Å². The summed E-state index contributed by atoms with van der Waals surface area (Å²) >= 11 is 1.67. The highest BCUT2D eigenvalue weighted by Crippen LogP contribution is 2.38. The molecule has 0 spiro atoms. The molecular weight excluding hydrogens is 434 g/mol. The summed E-state index contributed by atoms with van der Waals surface area (Å²) in [5, 5.41) is 12.0. The number of nitrogens with one attached hydrogen (secondary N) is 2. The second-order valence-electron chi connectivity index (χ2n) is 7.76. The minimum Gasteiger partial charge on any atom is -0.337 e. The zero-order chi connectivity index (χ0) is 22.8. The molecule has 164 valence electrons. The summed E-state index contributed by atoms with van der Waals surface area (Å²) in [6.45, 7) is 0.400. The molecule has 0 saturated heterocycles. The number of nitrogens with zero attached hydrogens (tertiary/aromatic N) is 3. The number of hydrogen-bond donors (Lipinski definition) is 2. The van der Waals surface area contributed by atoms with Gasteiger partial charge in [0, 0.05) is 58.1 Å². The lowest BCUT2D eigenvalue weighted by atomic mass is 10.1. The maximum absolute atomic E-state index is 12.7. The molecule has 0 radical (unpaired) electrons. The van der Waals surface area contributed by atoms with Crippen molar-refractivity contribution in [2.24, 2.45) is 0 Å². The van der Waals surface area contributed by atoms with Crippen LogP contribution in [-0.4, -0.2) is 45.5 Å². The minimum atomic E-state index is -0.677. The van der Waals surface area contributed by atoms with Gasteiger partial charge in [0.25, 0.3) is 0 Å². The lowest BCUT2D eigenvalue weighted by Gasteiger charge is -2.16. The van der Waals surface area contributed by atoms with E-state index in [1.807, 2.05) is 42.5 Å². The molecule has 0 unspecified atom stereocenters. The zero-order valence-corrected chi connectivity index (χ0v) is 18.7. The Morgan fingerprint density at radius 3 is 2.73 bits per heavy atom. The summed E-state index contributed by atoms with van der Waals surface area (Å²) in [6, 6.07) is 19.6. The first-order valence-electron chi connectivity index (χ1n) is 10.5. The van der Waals surface area contributed by atoms with E-state index in [2.05, 4.69) is 38.7 Å². The van der Waals surface area contributed by atoms with Crippen LogP contribution in [-0.2, 0) is 16.0 Å². The van der Waals surface area contributed by atoms with Crippen LogP contribution in [0.5, 0.6) is 0 Å². The van der Waals surface area contributed by atoms with Crippen LogP contribution in [0, 0.1) is 0 Å². The number of aromatic amines is 1. The Kier molecular flexibility index (Phi) is 5.58. The Hall–Kier alpha value is -4.04. The van der Waals surface area contributed by atoms with Gasteiger partial charge in [0.1, 0.15) is 0 Å². The van der Waals surface area contributed by atoms with Crippen LogP contribution in [0.1, 0.15) is 5.69 Å². The number of benzene rings is 2. The van der Waals surface area contributed by atoms with Gasteiger partial charge in [-0.1, -0.05) is 24.3 Å². The maximum atomic E-state index is 12.7. The molecule has 3 aromatic heterocycles. The van der Waals surface area contributed by atoms with Gasteiger partial charge >= 0.3 is 11.8 Å². The molecule has 8 heteroatoms. The van der Waals surface area contributed by atoms with E-state index >= 15 is 0 Å². The second kappa shape index (κ2) is 8.84. The average molecular weight is 456 g/mol. The van der Waals surface area contributed by atoms with E-state index in [0.29, 0.717) is 18.7 Å². The summed E-state index contributed by atoms with van der Waals surface area (Å²) in [6.07, 6.45) is 4.00. The molecule has 2 N–H and O–H groups in total. The molecule has 0 aliphatic carbocycles. The molecule has 0 saturated carbocycles. The van der Waals surface area contributed by atoms with Gasteiger partial charge in [-0.15, -0.1) is 11.3 Å². The predicted octanol–water partition coefficient (Wildman–Crippen LogP) is 4.48. The summed E-state index contributed by atoms with van der Waals surface area (Å²) < 4.78 is 1.18. The first-order valence-corrected chi connectivity index (χ1v) is 11.3. The molecule has 0 aliphatic rings. The number of carbonyl (C=O) groups is 2. The van der Waals surface area contributed by atoms with E-state index in [4.69, 9.17) is 0 Å². The number of likely N-dealkylation sites (N-methyl/N-ethyl adjacent to an activating group) is 1. The highest BCUT2D eigenvalue weighted by atomic mass is 32.1. The second-order valence-corrected chi connectivity index (χ2v) is 8.84. The molecule has 5 aromatic rings. The van der Waals surface area contributed by atoms with Crippen molar-refractivity contribution in [2.45, 2.75) is 6.42 Å². The molecule has 0 aliphatic heterocycles. The van der Waals surface area contributed by atoms with Crippen molar-refractivity contribution in [2.75, 3.05) is 18.9 Å². The molecule has 2 aromatic carbocycles. The smallest absolute Gasteiger partial charge is 0.313 e. The quantitative estimate of drug-likeness (QED) is 0.382. The Labute approximate surface area is 194 Å². The number of fused-ring (bicyclic) bond motifs is 2. The third-order valence-corrected chi connectivity index (χ3v) is 6.62. The van der Waals surface area contributed by atoms with Crippen molar-refractivity contribution < 1.29 is 9.59 Å². The van der Waals surface area contributed by atoms with Crippen LogP contribution in [0.25, 0.3) is 31.4 Å². The van der Waals surface area contributed by atoms with Crippen molar-refractivity contribution in [3.8, 4) is 10.4 Å². The number of pyridine rings is 1. The Morgan fingerprint density at radius 2 is 1.91 bits per heavy atom. The zero-order valence-electron chi connectivity index (χ0n) is 17.9. The van der Waals surface area contributed by atoms with Gasteiger partial charge in [0.2, 0.25) is 0 Å². The number of carbonyl (C=O) groups excluding carboxylic acids is 2. The van der Waals surface area contributed by atoms with Crippen LogP contribution in [0.4, 0.5) is 5.69 Å². The fourth-order valence-corrected chi connectivity index (χ4v) is 4.81. The van der Waals surface area contributed by atoms with Crippen molar-refractivity contribution >= 4 is 49.8 Å². The van der Waals surface area contributed by atoms with Gasteiger partial charge in [-0.2, -0.15) is 5.10 Å².